The van der Waals surface area contributed by atoms with Crippen molar-refractivity contribution < 1.29 is 19.4 Å². The molecule has 0 aliphatic heterocycles. The fraction of sp³-hybridized carbons (Fsp3) is 0.300. The van der Waals surface area contributed by atoms with E-state index in [4.69, 9.17) is 14.6 Å². The molecule has 0 aliphatic carbocycles. The lowest BCUT2D eigenvalue weighted by molar-refractivity contribution is -0.139. The summed E-state index contributed by atoms with van der Waals surface area (Å²) >= 11 is 0. The Labute approximate surface area is 82.1 Å². The highest BCUT2D eigenvalue weighted by atomic mass is 16.5. The Bertz CT molecular complexity index is 333. The number of hydrogen-bond donors (Lipinski definition) is 1. The number of carboxylic acid groups (broad SMARTS) is 1. The van der Waals surface area contributed by atoms with Gasteiger partial charge in [0.15, 0.2) is 6.61 Å². The smallest absolute Gasteiger partial charge is 0.341 e. The molecule has 0 saturated carbocycles. The minimum atomic E-state index is -0.996. The van der Waals surface area contributed by atoms with Crippen molar-refractivity contribution in [3.8, 4) is 11.5 Å². The molecule has 0 unspecified atom stereocenters. The summed E-state index contributed by atoms with van der Waals surface area (Å²) in [7, 11) is 1.56. The van der Waals surface area contributed by atoms with Gasteiger partial charge in [0, 0.05) is 6.07 Å². The first-order valence-corrected chi connectivity index (χ1v) is 4.12. The topological polar surface area (TPSA) is 55.8 Å². The lowest BCUT2D eigenvalue weighted by Crippen LogP contribution is -2.09. The van der Waals surface area contributed by atoms with Gasteiger partial charge in [-0.05, 0) is 18.6 Å². The molecular weight excluding hydrogens is 184 g/mol. The monoisotopic (exact) mass is 196 g/mol. The average molecular weight is 196 g/mol. The van der Waals surface area contributed by atoms with Crippen molar-refractivity contribution >= 4 is 5.97 Å². The van der Waals surface area contributed by atoms with Crippen molar-refractivity contribution in [1.82, 2.24) is 0 Å². The second kappa shape index (κ2) is 4.50. The summed E-state index contributed by atoms with van der Waals surface area (Å²) in [6.07, 6.45) is 0. The Kier molecular flexibility index (Phi) is 3.34. The van der Waals surface area contributed by atoms with Gasteiger partial charge in [0.05, 0.1) is 7.11 Å². The van der Waals surface area contributed by atoms with E-state index >= 15 is 0 Å². The van der Waals surface area contributed by atoms with Crippen LogP contribution in [0.3, 0.4) is 0 Å². The van der Waals surface area contributed by atoms with E-state index in [0.717, 1.165) is 5.56 Å². The lowest BCUT2D eigenvalue weighted by Gasteiger charge is -2.07. The van der Waals surface area contributed by atoms with Crippen LogP contribution in [-0.2, 0) is 4.79 Å². The van der Waals surface area contributed by atoms with Gasteiger partial charge < -0.3 is 14.6 Å². The average Bonchev–Trinajstić information content (AvgIpc) is 2.16. The van der Waals surface area contributed by atoms with E-state index in [1.807, 2.05) is 13.0 Å². The van der Waals surface area contributed by atoms with Crippen LogP contribution in [0.5, 0.6) is 11.5 Å². The minimum absolute atomic E-state index is 0.341. The summed E-state index contributed by atoms with van der Waals surface area (Å²) in [6.45, 7) is 1.56. The van der Waals surface area contributed by atoms with Crippen molar-refractivity contribution in [2.24, 2.45) is 0 Å². The molecule has 0 aliphatic rings. The van der Waals surface area contributed by atoms with Crippen molar-refractivity contribution in [3.05, 3.63) is 23.8 Å². The van der Waals surface area contributed by atoms with E-state index in [2.05, 4.69) is 0 Å². The molecule has 76 valence electrons. The molecule has 0 atom stereocenters. The molecule has 0 aromatic heterocycles. The van der Waals surface area contributed by atoms with Gasteiger partial charge >= 0.3 is 5.97 Å². The second-order valence-electron chi connectivity index (χ2n) is 2.81. The van der Waals surface area contributed by atoms with E-state index in [9.17, 15) is 4.79 Å². The number of hydrogen-bond acceptors (Lipinski definition) is 3. The Hall–Kier alpha value is -1.71. The van der Waals surface area contributed by atoms with Crippen LogP contribution < -0.4 is 9.47 Å². The Morgan fingerprint density at radius 3 is 2.79 bits per heavy atom. The molecule has 1 aromatic carbocycles. The largest absolute Gasteiger partial charge is 0.496 e. The Morgan fingerprint density at radius 1 is 1.50 bits per heavy atom. The maximum Gasteiger partial charge on any atom is 0.341 e. The van der Waals surface area contributed by atoms with Crippen molar-refractivity contribution in [2.45, 2.75) is 6.92 Å². The number of rotatable bonds is 4. The van der Waals surface area contributed by atoms with E-state index in [-0.39, 0.29) is 6.61 Å². The highest BCUT2D eigenvalue weighted by Crippen LogP contribution is 2.23. The molecule has 0 radical (unpaired) electrons. The van der Waals surface area contributed by atoms with Crippen LogP contribution in [0.1, 0.15) is 5.56 Å². The third kappa shape index (κ3) is 2.65. The number of methoxy groups -OCH3 is 1. The zero-order valence-corrected chi connectivity index (χ0v) is 8.11. The maximum absolute atomic E-state index is 10.2. The van der Waals surface area contributed by atoms with Gasteiger partial charge in [-0.2, -0.15) is 0 Å². The van der Waals surface area contributed by atoms with Gasteiger partial charge in [-0.1, -0.05) is 6.07 Å². The van der Waals surface area contributed by atoms with Gasteiger partial charge in [-0.3, -0.25) is 0 Å². The number of benzene rings is 1. The molecule has 1 N–H and O–H groups in total. The molecule has 0 saturated heterocycles. The summed E-state index contributed by atoms with van der Waals surface area (Å²) in [4.78, 5) is 10.2. The molecule has 0 bridgehead atoms. The van der Waals surface area contributed by atoms with Crippen LogP contribution in [0.2, 0.25) is 0 Å². The molecule has 1 aromatic rings. The Balaban J connectivity index is 2.74. The maximum atomic E-state index is 10.2. The van der Waals surface area contributed by atoms with Crippen LogP contribution in [-0.4, -0.2) is 24.8 Å². The summed E-state index contributed by atoms with van der Waals surface area (Å²) in [5.41, 5.74) is 0.982. The van der Waals surface area contributed by atoms with Crippen molar-refractivity contribution in [3.63, 3.8) is 0 Å². The van der Waals surface area contributed by atoms with Crippen LogP contribution in [0.25, 0.3) is 0 Å². The fourth-order valence-electron chi connectivity index (χ4n) is 1.04. The normalized spacial score (nSPS) is 9.57. The predicted octanol–water partition coefficient (Wildman–Crippen LogP) is 1.47. The number of ether oxygens (including phenoxy) is 2. The zero-order chi connectivity index (χ0) is 10.6. The number of aryl methyl sites for hydroxylation is 1. The number of carboxylic acids is 1. The first-order chi connectivity index (χ1) is 6.63. The number of aliphatic carboxylic acids is 1. The number of carbonyl (C=O) groups is 1. The molecule has 0 heterocycles. The van der Waals surface area contributed by atoms with Gasteiger partial charge in [0.25, 0.3) is 0 Å². The fourth-order valence-corrected chi connectivity index (χ4v) is 1.04. The summed E-state index contributed by atoms with van der Waals surface area (Å²) in [6, 6.07) is 5.19. The quantitative estimate of drug-likeness (QED) is 0.792. The van der Waals surface area contributed by atoms with Gasteiger partial charge in [-0.25, -0.2) is 4.79 Å². The highest BCUT2D eigenvalue weighted by molar-refractivity contribution is 5.68. The molecule has 0 fully saturated rings. The van der Waals surface area contributed by atoms with E-state index in [1.165, 1.54) is 0 Å². The minimum Gasteiger partial charge on any atom is -0.496 e. The SMILES string of the molecule is COc1cc(OCC(=O)O)ccc1C. The molecule has 0 spiro atoms. The Morgan fingerprint density at radius 2 is 2.21 bits per heavy atom. The van der Waals surface area contributed by atoms with Crippen molar-refractivity contribution in [1.29, 1.82) is 0 Å². The van der Waals surface area contributed by atoms with Crippen LogP contribution >= 0.6 is 0 Å². The van der Waals surface area contributed by atoms with Crippen LogP contribution in [0, 0.1) is 6.92 Å². The van der Waals surface area contributed by atoms with Crippen molar-refractivity contribution in [2.75, 3.05) is 13.7 Å². The molecule has 4 nitrogen and oxygen atoms in total. The third-order valence-electron chi connectivity index (χ3n) is 1.74. The van der Waals surface area contributed by atoms with Gasteiger partial charge in [0.1, 0.15) is 11.5 Å². The third-order valence-corrected chi connectivity index (χ3v) is 1.74. The first-order valence-electron chi connectivity index (χ1n) is 4.12. The first kappa shape index (κ1) is 10.4. The van der Waals surface area contributed by atoms with E-state index in [1.54, 1.807) is 19.2 Å². The second-order valence-corrected chi connectivity index (χ2v) is 2.81. The molecular formula is C10H12O4. The van der Waals surface area contributed by atoms with E-state index in [0.29, 0.717) is 11.5 Å². The van der Waals surface area contributed by atoms with Crippen LogP contribution in [0.4, 0.5) is 0 Å². The van der Waals surface area contributed by atoms with Crippen LogP contribution in [0.15, 0.2) is 18.2 Å². The lowest BCUT2D eigenvalue weighted by atomic mass is 10.2. The predicted molar refractivity (Wildman–Crippen MR) is 50.9 cm³/mol. The summed E-state index contributed by atoms with van der Waals surface area (Å²) < 4.78 is 10.1. The molecule has 14 heavy (non-hydrogen) atoms. The molecule has 4 heteroatoms. The summed E-state index contributed by atoms with van der Waals surface area (Å²) in [5.74, 6) is 0.187. The molecule has 0 amide bonds. The molecule has 1 rings (SSSR count). The van der Waals surface area contributed by atoms with E-state index < -0.39 is 5.97 Å². The highest BCUT2D eigenvalue weighted by Gasteiger charge is 2.02. The van der Waals surface area contributed by atoms with Gasteiger partial charge in [-0.15, -0.1) is 0 Å². The van der Waals surface area contributed by atoms with Gasteiger partial charge in [0.2, 0.25) is 0 Å². The standard InChI is InChI=1S/C10H12O4/c1-7-3-4-8(5-9(7)13-2)14-6-10(11)12/h3-5H,6H2,1-2H3,(H,11,12). The zero-order valence-electron chi connectivity index (χ0n) is 8.11. The summed E-state index contributed by atoms with van der Waals surface area (Å²) in [5, 5.41) is 8.40.